The summed E-state index contributed by atoms with van der Waals surface area (Å²) in [7, 11) is 3.99. The lowest BCUT2D eigenvalue weighted by molar-refractivity contribution is 0.0855. The summed E-state index contributed by atoms with van der Waals surface area (Å²) in [6.45, 7) is 0. The Morgan fingerprint density at radius 2 is 2.07 bits per heavy atom. The Morgan fingerprint density at radius 3 is 2.60 bits per heavy atom. The Kier molecular flexibility index (Phi) is 2.76. The van der Waals surface area contributed by atoms with Gasteiger partial charge in [0.1, 0.15) is 0 Å². The highest BCUT2D eigenvalue weighted by atomic mass is 16.1. The molecule has 0 aliphatic heterocycles. The molecule has 0 amide bonds. The highest BCUT2D eigenvalue weighted by Gasteiger charge is 2.26. The first-order chi connectivity index (χ1) is 7.18. The van der Waals surface area contributed by atoms with Gasteiger partial charge in [0, 0.05) is 31.3 Å². The van der Waals surface area contributed by atoms with Crippen LogP contribution in [0.5, 0.6) is 0 Å². The number of Topliss-reactive ketones (excluding diaryl/α,β-unsaturated/α-hetero) is 1. The van der Waals surface area contributed by atoms with E-state index in [1.807, 2.05) is 43.3 Å². The van der Waals surface area contributed by atoms with Gasteiger partial charge in [-0.2, -0.15) is 0 Å². The molecule has 0 heterocycles. The molecule has 0 radical (unpaired) electrons. The van der Waals surface area contributed by atoms with E-state index >= 15 is 0 Å². The van der Waals surface area contributed by atoms with Crippen molar-refractivity contribution in [2.45, 2.75) is 19.3 Å². The van der Waals surface area contributed by atoms with Gasteiger partial charge >= 0.3 is 0 Å². The Bertz CT molecular complexity index is 367. The van der Waals surface area contributed by atoms with Crippen molar-refractivity contribution in [2.75, 3.05) is 19.0 Å². The smallest absolute Gasteiger partial charge is 0.166 e. The van der Waals surface area contributed by atoms with Crippen molar-refractivity contribution >= 4 is 11.5 Å². The van der Waals surface area contributed by atoms with Crippen LogP contribution in [0.4, 0.5) is 5.69 Å². The summed E-state index contributed by atoms with van der Waals surface area (Å²) in [5, 5.41) is 0. The summed E-state index contributed by atoms with van der Waals surface area (Å²) < 4.78 is 0. The Morgan fingerprint density at radius 1 is 1.33 bits per heavy atom. The topological polar surface area (TPSA) is 20.3 Å². The third-order valence-electron chi connectivity index (χ3n) is 3.12. The first kappa shape index (κ1) is 10.2. The Hall–Kier alpha value is -1.31. The SMILES string of the molecule is CN(C)c1cccc(C(=O)C2CCC2)c1. The van der Waals surface area contributed by atoms with Gasteiger partial charge in [0.05, 0.1) is 0 Å². The fourth-order valence-electron chi connectivity index (χ4n) is 1.84. The number of hydrogen-bond donors (Lipinski definition) is 0. The van der Waals surface area contributed by atoms with Crippen molar-refractivity contribution in [3.8, 4) is 0 Å². The minimum absolute atomic E-state index is 0.294. The predicted octanol–water partition coefficient (Wildman–Crippen LogP) is 2.74. The number of ketones is 1. The summed E-state index contributed by atoms with van der Waals surface area (Å²) >= 11 is 0. The van der Waals surface area contributed by atoms with Crippen LogP contribution in [-0.4, -0.2) is 19.9 Å². The molecular formula is C13H17NO. The molecule has 1 saturated carbocycles. The normalized spacial score (nSPS) is 15.9. The summed E-state index contributed by atoms with van der Waals surface area (Å²) in [5.41, 5.74) is 1.96. The van der Waals surface area contributed by atoms with Crippen LogP contribution >= 0.6 is 0 Å². The zero-order chi connectivity index (χ0) is 10.8. The zero-order valence-electron chi connectivity index (χ0n) is 9.36. The first-order valence-corrected chi connectivity index (χ1v) is 5.50. The molecule has 0 atom stereocenters. The molecule has 15 heavy (non-hydrogen) atoms. The predicted molar refractivity (Wildman–Crippen MR) is 62.4 cm³/mol. The number of carbonyl (C=O) groups is 1. The molecular weight excluding hydrogens is 186 g/mol. The number of benzene rings is 1. The molecule has 1 aliphatic rings. The van der Waals surface area contributed by atoms with Crippen LogP contribution in [0.25, 0.3) is 0 Å². The van der Waals surface area contributed by atoms with Gasteiger partial charge in [-0.25, -0.2) is 0 Å². The van der Waals surface area contributed by atoms with Crippen LogP contribution in [0.2, 0.25) is 0 Å². The molecule has 1 aromatic rings. The van der Waals surface area contributed by atoms with Crippen molar-refractivity contribution in [3.63, 3.8) is 0 Å². The van der Waals surface area contributed by atoms with Crippen molar-refractivity contribution in [2.24, 2.45) is 5.92 Å². The second kappa shape index (κ2) is 4.05. The quantitative estimate of drug-likeness (QED) is 0.704. The Balaban J connectivity index is 2.20. The maximum absolute atomic E-state index is 12.0. The van der Waals surface area contributed by atoms with Gasteiger partial charge in [0.15, 0.2) is 5.78 Å². The van der Waals surface area contributed by atoms with E-state index in [1.165, 1.54) is 6.42 Å². The van der Waals surface area contributed by atoms with E-state index in [9.17, 15) is 4.79 Å². The van der Waals surface area contributed by atoms with E-state index < -0.39 is 0 Å². The maximum Gasteiger partial charge on any atom is 0.166 e. The molecule has 2 heteroatoms. The summed E-state index contributed by atoms with van der Waals surface area (Å²) in [6.07, 6.45) is 3.36. The number of anilines is 1. The van der Waals surface area contributed by atoms with Gasteiger partial charge in [0.25, 0.3) is 0 Å². The summed E-state index contributed by atoms with van der Waals surface area (Å²) in [4.78, 5) is 14.0. The van der Waals surface area contributed by atoms with Crippen LogP contribution in [-0.2, 0) is 0 Å². The lowest BCUT2D eigenvalue weighted by atomic mass is 9.80. The molecule has 2 rings (SSSR count). The summed E-state index contributed by atoms with van der Waals surface area (Å²) in [5.74, 6) is 0.618. The third kappa shape index (κ3) is 2.04. The van der Waals surface area contributed by atoms with E-state index in [4.69, 9.17) is 0 Å². The van der Waals surface area contributed by atoms with E-state index in [-0.39, 0.29) is 0 Å². The standard InChI is InChI=1S/C13H17NO/c1-14(2)12-8-4-7-11(9-12)13(15)10-5-3-6-10/h4,7-10H,3,5-6H2,1-2H3. The number of carbonyl (C=O) groups excluding carboxylic acids is 1. The average molecular weight is 203 g/mol. The number of rotatable bonds is 3. The van der Waals surface area contributed by atoms with Crippen molar-refractivity contribution in [1.29, 1.82) is 0 Å². The molecule has 0 unspecified atom stereocenters. The molecule has 0 saturated heterocycles. The average Bonchev–Trinajstić information content (AvgIpc) is 2.15. The highest BCUT2D eigenvalue weighted by molar-refractivity contribution is 5.99. The van der Waals surface area contributed by atoms with Crippen LogP contribution in [0.1, 0.15) is 29.6 Å². The van der Waals surface area contributed by atoms with Crippen molar-refractivity contribution < 1.29 is 4.79 Å². The molecule has 1 aliphatic carbocycles. The zero-order valence-corrected chi connectivity index (χ0v) is 9.36. The van der Waals surface area contributed by atoms with E-state index in [1.54, 1.807) is 0 Å². The van der Waals surface area contributed by atoms with Gasteiger partial charge < -0.3 is 4.90 Å². The van der Waals surface area contributed by atoms with Gasteiger partial charge in [-0.1, -0.05) is 18.6 Å². The van der Waals surface area contributed by atoms with Crippen LogP contribution < -0.4 is 4.90 Å². The number of nitrogens with zero attached hydrogens (tertiary/aromatic N) is 1. The van der Waals surface area contributed by atoms with Crippen molar-refractivity contribution in [1.82, 2.24) is 0 Å². The second-order valence-corrected chi connectivity index (χ2v) is 4.44. The van der Waals surface area contributed by atoms with Crippen LogP contribution in [0.15, 0.2) is 24.3 Å². The molecule has 1 aromatic carbocycles. The molecule has 0 spiro atoms. The van der Waals surface area contributed by atoms with E-state index in [0.29, 0.717) is 11.7 Å². The molecule has 0 N–H and O–H groups in total. The third-order valence-corrected chi connectivity index (χ3v) is 3.12. The van der Waals surface area contributed by atoms with E-state index in [0.717, 1.165) is 24.1 Å². The van der Waals surface area contributed by atoms with Gasteiger partial charge in [0.2, 0.25) is 0 Å². The van der Waals surface area contributed by atoms with E-state index in [2.05, 4.69) is 0 Å². The molecule has 0 aromatic heterocycles. The fourth-order valence-corrected chi connectivity index (χ4v) is 1.84. The van der Waals surface area contributed by atoms with Gasteiger partial charge in [-0.05, 0) is 25.0 Å². The second-order valence-electron chi connectivity index (χ2n) is 4.44. The van der Waals surface area contributed by atoms with Crippen LogP contribution in [0, 0.1) is 5.92 Å². The summed E-state index contributed by atoms with van der Waals surface area (Å²) in [6, 6.07) is 7.90. The molecule has 0 bridgehead atoms. The fraction of sp³-hybridized carbons (Fsp3) is 0.462. The minimum atomic E-state index is 0.294. The first-order valence-electron chi connectivity index (χ1n) is 5.50. The highest BCUT2D eigenvalue weighted by Crippen LogP contribution is 2.30. The minimum Gasteiger partial charge on any atom is -0.378 e. The van der Waals surface area contributed by atoms with Crippen molar-refractivity contribution in [3.05, 3.63) is 29.8 Å². The van der Waals surface area contributed by atoms with Crippen LogP contribution in [0.3, 0.4) is 0 Å². The largest absolute Gasteiger partial charge is 0.378 e. The maximum atomic E-state index is 12.0. The van der Waals surface area contributed by atoms with Gasteiger partial charge in [-0.3, -0.25) is 4.79 Å². The molecule has 2 nitrogen and oxygen atoms in total. The molecule has 80 valence electrons. The lowest BCUT2D eigenvalue weighted by Gasteiger charge is -2.24. The number of hydrogen-bond acceptors (Lipinski definition) is 2. The molecule has 1 fully saturated rings. The Labute approximate surface area is 90.9 Å². The lowest BCUT2D eigenvalue weighted by Crippen LogP contribution is -2.22. The van der Waals surface area contributed by atoms with Gasteiger partial charge in [-0.15, -0.1) is 0 Å². The monoisotopic (exact) mass is 203 g/mol.